The molecule has 1 aliphatic rings. The van der Waals surface area contributed by atoms with E-state index in [1.807, 2.05) is 0 Å². The van der Waals surface area contributed by atoms with Crippen LogP contribution in [-0.4, -0.2) is 55.0 Å². The van der Waals surface area contributed by atoms with Gasteiger partial charge in [0.2, 0.25) is 0 Å². The van der Waals surface area contributed by atoms with Gasteiger partial charge >= 0.3 is 6.18 Å². The van der Waals surface area contributed by atoms with Crippen molar-refractivity contribution in [1.82, 2.24) is 4.90 Å². The highest BCUT2D eigenvalue weighted by atomic mass is 32.2. The maximum absolute atomic E-state index is 12.9. The predicted molar refractivity (Wildman–Crippen MR) is 135 cm³/mol. The second-order valence-corrected chi connectivity index (χ2v) is 9.18. The van der Waals surface area contributed by atoms with Crippen LogP contribution in [0.3, 0.4) is 0 Å². The largest absolute Gasteiger partial charge is 0.493 e. The number of alkyl halides is 3. The monoisotopic (exact) mass is 540 g/mol. The van der Waals surface area contributed by atoms with Gasteiger partial charge in [0.05, 0.1) is 17.6 Å². The molecule has 1 aliphatic heterocycles. The molecule has 1 N–H and O–H groups in total. The quantitative estimate of drug-likeness (QED) is 0.259. The van der Waals surface area contributed by atoms with Crippen LogP contribution in [0.5, 0.6) is 11.5 Å². The fraction of sp³-hybridized carbons (Fsp3) is 0.292. The predicted octanol–water partition coefficient (Wildman–Crippen LogP) is 4.97. The zero-order valence-corrected chi connectivity index (χ0v) is 21.0. The number of carbonyl (C=O) groups is 2. The molecule has 2 aromatic rings. The molecule has 2 aromatic carbocycles. The first-order valence-electron chi connectivity index (χ1n) is 10.6. The standard InChI is InChI=1S/C24H23F3N2O5S2/c1-32-10-4-9-29-22(31)20(36-23(29)35)12-15-7-8-18(19(11-15)33-2)34-14-21(30)28-17-6-3-5-16(13-17)24(25,26)27/h3,5-8,11-13H,4,9-10,14H2,1-2H3,(H,28,30)/b20-12-. The van der Waals surface area contributed by atoms with E-state index in [9.17, 15) is 22.8 Å². The average Bonchev–Trinajstić information content (AvgIpc) is 3.10. The van der Waals surface area contributed by atoms with Gasteiger partial charge in [-0.25, -0.2) is 0 Å². The van der Waals surface area contributed by atoms with Crippen molar-refractivity contribution in [2.24, 2.45) is 0 Å². The summed E-state index contributed by atoms with van der Waals surface area (Å²) in [5.74, 6) is -0.267. The Hall–Kier alpha value is -3.09. The van der Waals surface area contributed by atoms with Crippen molar-refractivity contribution in [1.29, 1.82) is 0 Å². The van der Waals surface area contributed by atoms with Crippen LogP contribution in [-0.2, 0) is 20.5 Å². The summed E-state index contributed by atoms with van der Waals surface area (Å²) < 4.78 is 54.9. The average molecular weight is 541 g/mol. The first-order valence-corrected chi connectivity index (χ1v) is 11.9. The number of methoxy groups -OCH3 is 2. The molecule has 0 unspecified atom stereocenters. The highest BCUT2D eigenvalue weighted by Crippen LogP contribution is 2.35. The maximum Gasteiger partial charge on any atom is 0.416 e. The van der Waals surface area contributed by atoms with Gasteiger partial charge < -0.3 is 19.5 Å². The second kappa shape index (κ2) is 12.2. The zero-order chi connectivity index (χ0) is 26.3. The molecule has 0 spiro atoms. The number of thioether (sulfide) groups is 1. The fourth-order valence-corrected chi connectivity index (χ4v) is 4.53. The smallest absolute Gasteiger partial charge is 0.416 e. The summed E-state index contributed by atoms with van der Waals surface area (Å²) in [7, 11) is 3.01. The molecule has 1 heterocycles. The van der Waals surface area contributed by atoms with Crippen LogP contribution >= 0.6 is 24.0 Å². The van der Waals surface area contributed by atoms with Crippen LogP contribution in [0.25, 0.3) is 6.08 Å². The molecule has 0 radical (unpaired) electrons. The summed E-state index contributed by atoms with van der Waals surface area (Å²) in [6.07, 6.45) is -2.17. The van der Waals surface area contributed by atoms with Crippen LogP contribution < -0.4 is 14.8 Å². The Morgan fingerprint density at radius 1 is 1.17 bits per heavy atom. The molecule has 1 fully saturated rings. The number of thiocarbonyl (C=S) groups is 1. The van der Waals surface area contributed by atoms with Gasteiger partial charge in [-0.3, -0.25) is 14.5 Å². The lowest BCUT2D eigenvalue weighted by Gasteiger charge is -2.13. The lowest BCUT2D eigenvalue weighted by Crippen LogP contribution is -2.29. The summed E-state index contributed by atoms with van der Waals surface area (Å²) in [5, 5.41) is 2.37. The van der Waals surface area contributed by atoms with Crippen molar-refractivity contribution in [3.8, 4) is 11.5 Å². The highest BCUT2D eigenvalue weighted by Gasteiger charge is 2.32. The fourth-order valence-electron chi connectivity index (χ4n) is 3.22. The highest BCUT2D eigenvalue weighted by molar-refractivity contribution is 8.26. The molecule has 0 bridgehead atoms. The molecule has 7 nitrogen and oxygen atoms in total. The van der Waals surface area contributed by atoms with Crippen molar-refractivity contribution in [3.05, 3.63) is 58.5 Å². The van der Waals surface area contributed by atoms with E-state index < -0.39 is 24.3 Å². The topological polar surface area (TPSA) is 77.1 Å². The number of halogens is 3. The van der Waals surface area contributed by atoms with E-state index in [2.05, 4.69) is 5.32 Å². The minimum atomic E-state index is -4.52. The number of rotatable bonds is 10. The molecular formula is C24H23F3N2O5S2. The Kier molecular flexibility index (Phi) is 9.35. The van der Waals surface area contributed by atoms with Gasteiger partial charge in [-0.1, -0.05) is 36.1 Å². The molecule has 0 aliphatic carbocycles. The molecule has 1 saturated heterocycles. The van der Waals surface area contributed by atoms with Crippen LogP contribution in [0.15, 0.2) is 47.4 Å². The first-order chi connectivity index (χ1) is 17.1. The molecule has 0 atom stereocenters. The zero-order valence-electron chi connectivity index (χ0n) is 19.4. The van der Waals surface area contributed by atoms with Gasteiger partial charge in [-0.15, -0.1) is 0 Å². The van der Waals surface area contributed by atoms with E-state index in [4.69, 9.17) is 26.4 Å². The number of ether oxygens (including phenoxy) is 3. The Labute approximate surface area is 215 Å². The van der Waals surface area contributed by atoms with E-state index in [1.165, 1.54) is 35.9 Å². The van der Waals surface area contributed by atoms with Gasteiger partial charge in [0.1, 0.15) is 4.32 Å². The summed E-state index contributed by atoms with van der Waals surface area (Å²) in [6.45, 7) is 0.535. The lowest BCUT2D eigenvalue weighted by atomic mass is 10.2. The van der Waals surface area contributed by atoms with E-state index >= 15 is 0 Å². The molecule has 192 valence electrons. The van der Waals surface area contributed by atoms with E-state index in [0.29, 0.717) is 40.1 Å². The van der Waals surface area contributed by atoms with E-state index in [-0.39, 0.29) is 17.3 Å². The number of nitrogens with zero attached hydrogens (tertiary/aromatic N) is 1. The number of anilines is 1. The molecule has 12 heteroatoms. The van der Waals surface area contributed by atoms with Crippen LogP contribution in [0, 0.1) is 0 Å². The summed E-state index contributed by atoms with van der Waals surface area (Å²) in [6, 6.07) is 9.20. The van der Waals surface area contributed by atoms with E-state index in [1.54, 1.807) is 31.4 Å². The number of hydrogen-bond donors (Lipinski definition) is 1. The van der Waals surface area contributed by atoms with Crippen molar-refractivity contribution in [2.75, 3.05) is 39.3 Å². The molecule has 36 heavy (non-hydrogen) atoms. The van der Waals surface area contributed by atoms with Crippen molar-refractivity contribution in [3.63, 3.8) is 0 Å². The Balaban J connectivity index is 1.64. The third kappa shape index (κ3) is 7.21. The first kappa shape index (κ1) is 27.5. The third-order valence-corrected chi connectivity index (χ3v) is 6.30. The van der Waals surface area contributed by atoms with Crippen LogP contribution in [0.4, 0.5) is 18.9 Å². The summed E-state index contributed by atoms with van der Waals surface area (Å²) >= 11 is 6.51. The Morgan fingerprint density at radius 3 is 2.64 bits per heavy atom. The van der Waals surface area contributed by atoms with Gasteiger partial charge in [0.15, 0.2) is 18.1 Å². The minimum Gasteiger partial charge on any atom is -0.493 e. The van der Waals surface area contributed by atoms with Crippen molar-refractivity contribution < 1.29 is 37.0 Å². The molecule has 0 aromatic heterocycles. The molecule has 0 saturated carbocycles. The van der Waals surface area contributed by atoms with Crippen molar-refractivity contribution >= 4 is 51.9 Å². The minimum absolute atomic E-state index is 0.000252. The third-order valence-electron chi connectivity index (χ3n) is 4.92. The number of amides is 2. The Bertz CT molecular complexity index is 1170. The molecule has 2 amide bonds. The second-order valence-electron chi connectivity index (χ2n) is 7.51. The van der Waals surface area contributed by atoms with Gasteiger partial charge in [-0.2, -0.15) is 13.2 Å². The molecule has 3 rings (SSSR count). The summed E-state index contributed by atoms with van der Waals surface area (Å²) in [4.78, 5) is 26.9. The van der Waals surface area contributed by atoms with Gasteiger partial charge in [-0.05, 0) is 48.4 Å². The number of hydrogen-bond acceptors (Lipinski definition) is 7. The molecular weight excluding hydrogens is 517 g/mol. The number of carbonyl (C=O) groups excluding carboxylic acids is 2. The number of nitrogens with one attached hydrogen (secondary N) is 1. The number of benzene rings is 2. The normalized spacial score (nSPS) is 14.9. The van der Waals surface area contributed by atoms with Crippen LogP contribution in [0.2, 0.25) is 0 Å². The summed E-state index contributed by atoms with van der Waals surface area (Å²) in [5.41, 5.74) is -0.212. The lowest BCUT2D eigenvalue weighted by molar-refractivity contribution is -0.137. The van der Waals surface area contributed by atoms with Gasteiger partial charge in [0.25, 0.3) is 11.8 Å². The SMILES string of the molecule is COCCCN1C(=O)/C(=C/c2ccc(OCC(=O)Nc3cccc(C(F)(F)F)c3)c(OC)c2)SC1=S. The van der Waals surface area contributed by atoms with Gasteiger partial charge in [0, 0.05) is 25.9 Å². The van der Waals surface area contributed by atoms with E-state index in [0.717, 1.165) is 12.1 Å². The van der Waals surface area contributed by atoms with Crippen molar-refractivity contribution in [2.45, 2.75) is 12.6 Å². The maximum atomic E-state index is 12.9. The van der Waals surface area contributed by atoms with Crippen LogP contribution in [0.1, 0.15) is 17.5 Å². The Morgan fingerprint density at radius 2 is 1.94 bits per heavy atom.